The molecule has 76 valence electrons. The first-order valence-electron chi connectivity index (χ1n) is 5.21. The predicted octanol–water partition coefficient (Wildman–Crippen LogP) is 0.253. The van der Waals surface area contributed by atoms with E-state index >= 15 is 0 Å². The van der Waals surface area contributed by atoms with E-state index in [1.54, 1.807) is 0 Å². The van der Waals surface area contributed by atoms with Crippen molar-refractivity contribution in [3.63, 3.8) is 0 Å². The van der Waals surface area contributed by atoms with E-state index in [0.29, 0.717) is 12.1 Å². The van der Waals surface area contributed by atoms with Crippen LogP contribution in [0.2, 0.25) is 0 Å². The fourth-order valence-electron chi connectivity index (χ4n) is 2.58. The van der Waals surface area contributed by atoms with Crippen molar-refractivity contribution < 1.29 is 4.79 Å². The van der Waals surface area contributed by atoms with Gasteiger partial charge >= 0.3 is 0 Å². The van der Waals surface area contributed by atoms with Gasteiger partial charge in [-0.2, -0.15) is 5.26 Å². The largest absolute Gasteiger partial charge is 0.351 e. The van der Waals surface area contributed by atoms with Crippen LogP contribution in [-0.4, -0.2) is 36.0 Å². The van der Waals surface area contributed by atoms with E-state index < -0.39 is 0 Å². The Morgan fingerprint density at radius 2 is 2.36 bits per heavy atom. The van der Waals surface area contributed by atoms with Gasteiger partial charge in [-0.15, -0.1) is 0 Å². The summed E-state index contributed by atoms with van der Waals surface area (Å²) in [5.41, 5.74) is 0. The highest BCUT2D eigenvalue weighted by Gasteiger charge is 2.37. The molecule has 2 saturated heterocycles. The molecule has 0 bridgehead atoms. The molecule has 1 amide bonds. The average molecular weight is 193 g/mol. The van der Waals surface area contributed by atoms with Crippen LogP contribution in [0.1, 0.15) is 25.7 Å². The van der Waals surface area contributed by atoms with Gasteiger partial charge in [0.2, 0.25) is 5.91 Å². The van der Waals surface area contributed by atoms with E-state index in [9.17, 15) is 4.79 Å². The predicted molar refractivity (Wildman–Crippen MR) is 51.4 cm³/mol. The number of nitriles is 1. The summed E-state index contributed by atoms with van der Waals surface area (Å²) in [6, 6.07) is 2.71. The van der Waals surface area contributed by atoms with Crippen LogP contribution < -0.4 is 5.32 Å². The molecule has 4 nitrogen and oxygen atoms in total. The number of nitrogens with zero attached hydrogens (tertiary/aromatic N) is 2. The van der Waals surface area contributed by atoms with Gasteiger partial charge in [-0.1, -0.05) is 0 Å². The van der Waals surface area contributed by atoms with Gasteiger partial charge in [-0.05, 0) is 25.8 Å². The second-order valence-electron chi connectivity index (χ2n) is 4.04. The molecule has 0 saturated carbocycles. The number of amides is 1. The Morgan fingerprint density at radius 3 is 3.14 bits per heavy atom. The van der Waals surface area contributed by atoms with Crippen molar-refractivity contribution in [2.75, 3.05) is 13.1 Å². The van der Waals surface area contributed by atoms with Crippen LogP contribution in [0.25, 0.3) is 0 Å². The zero-order valence-electron chi connectivity index (χ0n) is 8.20. The molecule has 0 aromatic carbocycles. The van der Waals surface area contributed by atoms with Crippen molar-refractivity contribution in [3.05, 3.63) is 0 Å². The Hall–Kier alpha value is -1.08. The number of carbonyl (C=O) groups is 1. The monoisotopic (exact) mass is 193 g/mol. The van der Waals surface area contributed by atoms with Gasteiger partial charge in [0.15, 0.2) is 0 Å². The second-order valence-corrected chi connectivity index (χ2v) is 4.04. The Labute approximate surface area is 83.9 Å². The van der Waals surface area contributed by atoms with Crippen LogP contribution in [-0.2, 0) is 4.79 Å². The average Bonchev–Trinajstić information content (AvgIpc) is 2.70. The minimum Gasteiger partial charge on any atom is -0.351 e. The highest BCUT2D eigenvalue weighted by molar-refractivity contribution is 5.78. The fourth-order valence-corrected chi connectivity index (χ4v) is 2.58. The molecule has 0 aromatic heterocycles. The summed E-state index contributed by atoms with van der Waals surface area (Å²) in [5, 5.41) is 11.3. The highest BCUT2D eigenvalue weighted by Crippen LogP contribution is 2.27. The lowest BCUT2D eigenvalue weighted by molar-refractivity contribution is -0.120. The Balaban J connectivity index is 1.87. The highest BCUT2D eigenvalue weighted by atomic mass is 16.1. The summed E-state index contributed by atoms with van der Waals surface area (Å²) in [7, 11) is 0. The molecule has 2 unspecified atom stereocenters. The number of rotatable bonds is 2. The van der Waals surface area contributed by atoms with Crippen molar-refractivity contribution in [2.45, 2.75) is 37.8 Å². The number of hydrogen-bond donors (Lipinski definition) is 1. The van der Waals surface area contributed by atoms with Crippen LogP contribution in [0.4, 0.5) is 0 Å². The molecule has 0 aliphatic carbocycles. The molecule has 2 aliphatic heterocycles. The van der Waals surface area contributed by atoms with Gasteiger partial charge < -0.3 is 5.32 Å². The smallest absolute Gasteiger partial charge is 0.234 e. The van der Waals surface area contributed by atoms with Crippen LogP contribution >= 0.6 is 0 Å². The zero-order chi connectivity index (χ0) is 9.97. The molecule has 2 fully saturated rings. The van der Waals surface area contributed by atoms with Crippen molar-refractivity contribution >= 4 is 5.91 Å². The van der Waals surface area contributed by atoms with E-state index in [-0.39, 0.29) is 12.3 Å². The fraction of sp³-hybridized carbons (Fsp3) is 0.800. The minimum atomic E-state index is -0.119. The molecule has 2 atom stereocenters. The first kappa shape index (κ1) is 9.47. The summed E-state index contributed by atoms with van der Waals surface area (Å²) in [5.74, 6) is -0.119. The Bertz CT molecular complexity index is 271. The van der Waals surface area contributed by atoms with Crippen molar-refractivity contribution in [2.24, 2.45) is 0 Å². The Kier molecular flexibility index (Phi) is 2.69. The maximum atomic E-state index is 11.2. The van der Waals surface area contributed by atoms with Crippen LogP contribution in [0.15, 0.2) is 0 Å². The summed E-state index contributed by atoms with van der Waals surface area (Å²) < 4.78 is 0. The normalized spacial score (nSPS) is 31.1. The number of fused-ring (bicyclic) bond motifs is 1. The van der Waals surface area contributed by atoms with Crippen molar-refractivity contribution in [1.29, 1.82) is 5.26 Å². The van der Waals surface area contributed by atoms with Crippen LogP contribution in [0.5, 0.6) is 0 Å². The molecule has 2 aliphatic rings. The molecule has 1 N–H and O–H groups in total. The van der Waals surface area contributed by atoms with Crippen molar-refractivity contribution in [1.82, 2.24) is 10.2 Å². The summed E-state index contributed by atoms with van der Waals surface area (Å²) >= 11 is 0. The molecule has 0 radical (unpaired) electrons. The summed E-state index contributed by atoms with van der Waals surface area (Å²) in [6.07, 6.45) is 3.47. The molecule has 0 aromatic rings. The third-order valence-electron chi connectivity index (χ3n) is 3.19. The maximum absolute atomic E-state index is 11.2. The molecule has 0 spiro atoms. The standard InChI is InChI=1S/C10H15N3O/c11-5-3-10(14)12-8-4-7-13-6-1-2-9(8)13/h8-9H,1-4,6-7H2,(H,12,14). The lowest BCUT2D eigenvalue weighted by Gasteiger charge is -2.20. The molecular weight excluding hydrogens is 178 g/mol. The first-order chi connectivity index (χ1) is 6.81. The van der Waals surface area contributed by atoms with Gasteiger partial charge in [0.25, 0.3) is 0 Å². The van der Waals surface area contributed by atoms with Crippen LogP contribution in [0, 0.1) is 11.3 Å². The molecular formula is C10H15N3O. The van der Waals surface area contributed by atoms with Gasteiger partial charge in [0.1, 0.15) is 6.42 Å². The third kappa shape index (κ3) is 1.73. The zero-order valence-corrected chi connectivity index (χ0v) is 8.20. The van der Waals surface area contributed by atoms with Crippen LogP contribution in [0.3, 0.4) is 0 Å². The summed E-state index contributed by atoms with van der Waals surface area (Å²) in [6.45, 7) is 2.28. The quantitative estimate of drug-likeness (QED) is 0.684. The molecule has 14 heavy (non-hydrogen) atoms. The lowest BCUT2D eigenvalue weighted by atomic mass is 10.1. The Morgan fingerprint density at radius 1 is 1.50 bits per heavy atom. The van der Waals surface area contributed by atoms with E-state index in [1.807, 2.05) is 6.07 Å². The SMILES string of the molecule is N#CCC(=O)NC1CCN2CCCC12. The van der Waals surface area contributed by atoms with E-state index in [0.717, 1.165) is 13.0 Å². The van der Waals surface area contributed by atoms with Gasteiger partial charge in [0.05, 0.1) is 6.07 Å². The van der Waals surface area contributed by atoms with E-state index in [2.05, 4.69) is 10.2 Å². The van der Waals surface area contributed by atoms with Gasteiger partial charge in [0, 0.05) is 18.6 Å². The number of nitrogens with one attached hydrogen (secondary N) is 1. The molecule has 2 heterocycles. The van der Waals surface area contributed by atoms with Crippen molar-refractivity contribution in [3.8, 4) is 6.07 Å². The van der Waals surface area contributed by atoms with E-state index in [4.69, 9.17) is 5.26 Å². The van der Waals surface area contributed by atoms with E-state index in [1.165, 1.54) is 19.4 Å². The van der Waals surface area contributed by atoms with Gasteiger partial charge in [-0.3, -0.25) is 9.69 Å². The number of carbonyl (C=O) groups excluding carboxylic acids is 1. The van der Waals surface area contributed by atoms with Gasteiger partial charge in [-0.25, -0.2) is 0 Å². The second kappa shape index (κ2) is 3.97. The molecule has 4 heteroatoms. The summed E-state index contributed by atoms with van der Waals surface area (Å²) in [4.78, 5) is 13.7. The minimum absolute atomic E-state index is 0.0107. The third-order valence-corrected chi connectivity index (χ3v) is 3.19. The molecule has 2 rings (SSSR count). The first-order valence-corrected chi connectivity index (χ1v) is 5.21. The topological polar surface area (TPSA) is 56.1 Å². The number of hydrogen-bond acceptors (Lipinski definition) is 3. The lowest BCUT2D eigenvalue weighted by Crippen LogP contribution is -2.42. The maximum Gasteiger partial charge on any atom is 0.234 e.